The summed E-state index contributed by atoms with van der Waals surface area (Å²) in [5, 5.41) is 7.31. The van der Waals surface area contributed by atoms with Crippen LogP contribution in [0.4, 0.5) is 0 Å². The lowest BCUT2D eigenvalue weighted by Gasteiger charge is -2.27. The Labute approximate surface area is 148 Å². The standard InChI is InChI=1S/C20H25N3O2/c1-14-21-19(23-25-14)20(10-4-5-11-20)22-18(24)13-15-8-9-16-6-2-3-7-17(16)12-15/h8-9,12H,2-7,10-11,13H2,1H3,(H,22,24). The Morgan fingerprint density at radius 1 is 1.16 bits per heavy atom. The second-order valence-corrected chi connectivity index (χ2v) is 7.46. The van der Waals surface area contributed by atoms with Gasteiger partial charge in [-0.05, 0) is 55.2 Å². The lowest BCUT2D eigenvalue weighted by molar-refractivity contribution is -0.122. The number of aromatic nitrogens is 2. The number of carbonyl (C=O) groups is 1. The van der Waals surface area contributed by atoms with Crippen molar-refractivity contribution in [2.75, 3.05) is 0 Å². The first-order valence-corrected chi connectivity index (χ1v) is 9.37. The lowest BCUT2D eigenvalue weighted by atomic mass is 9.89. The summed E-state index contributed by atoms with van der Waals surface area (Å²) in [6.45, 7) is 1.79. The zero-order valence-corrected chi connectivity index (χ0v) is 14.8. The Bertz CT molecular complexity index is 775. The van der Waals surface area contributed by atoms with Crippen molar-refractivity contribution >= 4 is 5.91 Å². The van der Waals surface area contributed by atoms with E-state index in [1.54, 1.807) is 6.92 Å². The SMILES string of the molecule is Cc1nc(C2(NC(=O)Cc3ccc4c(c3)CCCC4)CCCC2)no1. The molecule has 0 saturated heterocycles. The van der Waals surface area contributed by atoms with Gasteiger partial charge in [0.25, 0.3) is 0 Å². The monoisotopic (exact) mass is 339 g/mol. The first-order valence-electron chi connectivity index (χ1n) is 9.37. The summed E-state index contributed by atoms with van der Waals surface area (Å²) in [6.07, 6.45) is 9.15. The smallest absolute Gasteiger partial charge is 0.225 e. The van der Waals surface area contributed by atoms with E-state index in [-0.39, 0.29) is 5.91 Å². The Balaban J connectivity index is 1.49. The van der Waals surface area contributed by atoms with E-state index < -0.39 is 5.54 Å². The summed E-state index contributed by atoms with van der Waals surface area (Å²) >= 11 is 0. The van der Waals surface area contributed by atoms with Crippen LogP contribution in [0.25, 0.3) is 0 Å². The molecule has 2 aliphatic carbocycles. The number of nitrogens with zero attached hydrogens (tertiary/aromatic N) is 2. The largest absolute Gasteiger partial charge is 0.343 e. The molecule has 1 aromatic heterocycles. The molecule has 0 spiro atoms. The molecule has 0 unspecified atom stereocenters. The third kappa shape index (κ3) is 3.32. The first kappa shape index (κ1) is 16.3. The second kappa shape index (κ2) is 6.62. The topological polar surface area (TPSA) is 68.0 Å². The third-order valence-corrected chi connectivity index (χ3v) is 5.57. The van der Waals surface area contributed by atoms with Crippen molar-refractivity contribution in [1.82, 2.24) is 15.5 Å². The van der Waals surface area contributed by atoms with Crippen molar-refractivity contribution in [3.05, 3.63) is 46.6 Å². The number of hydrogen-bond acceptors (Lipinski definition) is 4. The highest BCUT2D eigenvalue weighted by molar-refractivity contribution is 5.79. The van der Waals surface area contributed by atoms with Gasteiger partial charge in [-0.25, -0.2) is 0 Å². The van der Waals surface area contributed by atoms with E-state index in [9.17, 15) is 4.79 Å². The van der Waals surface area contributed by atoms with Gasteiger partial charge in [-0.1, -0.05) is 36.2 Å². The zero-order valence-electron chi connectivity index (χ0n) is 14.8. The number of fused-ring (bicyclic) bond motifs is 1. The molecule has 4 rings (SSSR count). The van der Waals surface area contributed by atoms with Gasteiger partial charge in [-0.3, -0.25) is 4.79 Å². The molecule has 1 fully saturated rings. The van der Waals surface area contributed by atoms with Crippen LogP contribution in [-0.4, -0.2) is 16.0 Å². The fourth-order valence-corrected chi connectivity index (χ4v) is 4.27. The van der Waals surface area contributed by atoms with Gasteiger partial charge < -0.3 is 9.84 Å². The zero-order chi connectivity index (χ0) is 17.3. The molecule has 25 heavy (non-hydrogen) atoms. The van der Waals surface area contributed by atoms with E-state index in [0.717, 1.165) is 37.7 Å². The first-order chi connectivity index (χ1) is 12.1. The van der Waals surface area contributed by atoms with Crippen molar-refractivity contribution in [3.8, 4) is 0 Å². The number of aryl methyl sites for hydroxylation is 3. The van der Waals surface area contributed by atoms with Crippen LogP contribution in [0.3, 0.4) is 0 Å². The number of nitrogens with one attached hydrogen (secondary N) is 1. The summed E-state index contributed by atoms with van der Waals surface area (Å²) in [7, 11) is 0. The van der Waals surface area contributed by atoms with Gasteiger partial charge in [-0.15, -0.1) is 0 Å². The number of carbonyl (C=O) groups excluding carboxylic acids is 1. The molecule has 1 heterocycles. The van der Waals surface area contributed by atoms with Gasteiger partial charge in [0.2, 0.25) is 11.8 Å². The van der Waals surface area contributed by atoms with Crippen LogP contribution in [0.2, 0.25) is 0 Å². The van der Waals surface area contributed by atoms with Gasteiger partial charge >= 0.3 is 0 Å². The molecule has 5 nitrogen and oxygen atoms in total. The van der Waals surface area contributed by atoms with Gasteiger partial charge in [0.1, 0.15) is 5.54 Å². The molecule has 0 radical (unpaired) electrons. The van der Waals surface area contributed by atoms with E-state index in [1.807, 2.05) is 0 Å². The minimum Gasteiger partial charge on any atom is -0.343 e. The van der Waals surface area contributed by atoms with Gasteiger partial charge in [0, 0.05) is 6.92 Å². The van der Waals surface area contributed by atoms with E-state index in [2.05, 4.69) is 33.7 Å². The molecule has 1 amide bonds. The molecule has 1 N–H and O–H groups in total. The Hall–Kier alpha value is -2.17. The molecular formula is C20H25N3O2. The quantitative estimate of drug-likeness (QED) is 0.927. The molecule has 2 aliphatic rings. The average Bonchev–Trinajstić information content (AvgIpc) is 3.24. The van der Waals surface area contributed by atoms with Crippen LogP contribution in [0.5, 0.6) is 0 Å². The minimum absolute atomic E-state index is 0.0418. The van der Waals surface area contributed by atoms with Crippen molar-refractivity contribution in [3.63, 3.8) is 0 Å². The Kier molecular flexibility index (Phi) is 4.32. The van der Waals surface area contributed by atoms with Crippen LogP contribution in [-0.2, 0) is 29.6 Å². The molecular weight excluding hydrogens is 314 g/mol. The summed E-state index contributed by atoms with van der Waals surface area (Å²) in [4.78, 5) is 17.1. The van der Waals surface area contributed by atoms with Crippen LogP contribution in [0, 0.1) is 6.92 Å². The molecule has 1 saturated carbocycles. The van der Waals surface area contributed by atoms with E-state index in [0.29, 0.717) is 18.1 Å². The molecule has 132 valence electrons. The van der Waals surface area contributed by atoms with Gasteiger partial charge in [0.05, 0.1) is 6.42 Å². The maximum Gasteiger partial charge on any atom is 0.225 e. The maximum absolute atomic E-state index is 12.7. The molecule has 0 aliphatic heterocycles. The minimum atomic E-state index is -0.455. The summed E-state index contributed by atoms with van der Waals surface area (Å²) in [5.41, 5.74) is 3.50. The fourth-order valence-electron chi connectivity index (χ4n) is 4.27. The highest BCUT2D eigenvalue weighted by atomic mass is 16.5. The number of amides is 1. The Morgan fingerprint density at radius 2 is 1.92 bits per heavy atom. The average molecular weight is 339 g/mol. The van der Waals surface area contributed by atoms with Crippen LogP contribution in [0.1, 0.15) is 66.9 Å². The molecule has 1 aromatic carbocycles. The van der Waals surface area contributed by atoms with E-state index in [4.69, 9.17) is 4.52 Å². The van der Waals surface area contributed by atoms with Crippen molar-refractivity contribution in [1.29, 1.82) is 0 Å². The molecule has 0 bridgehead atoms. The van der Waals surface area contributed by atoms with Crippen molar-refractivity contribution in [2.45, 2.75) is 70.3 Å². The fraction of sp³-hybridized carbons (Fsp3) is 0.550. The lowest BCUT2D eigenvalue weighted by Crippen LogP contribution is -2.45. The van der Waals surface area contributed by atoms with E-state index in [1.165, 1.54) is 30.4 Å². The van der Waals surface area contributed by atoms with Crippen LogP contribution < -0.4 is 5.32 Å². The summed E-state index contributed by atoms with van der Waals surface area (Å²) < 4.78 is 5.15. The normalized spacial score (nSPS) is 18.8. The van der Waals surface area contributed by atoms with Crippen molar-refractivity contribution < 1.29 is 9.32 Å². The molecule has 0 atom stereocenters. The van der Waals surface area contributed by atoms with Gasteiger partial charge in [0.15, 0.2) is 5.82 Å². The second-order valence-electron chi connectivity index (χ2n) is 7.46. The van der Waals surface area contributed by atoms with E-state index >= 15 is 0 Å². The predicted molar refractivity (Wildman–Crippen MR) is 94.1 cm³/mol. The highest BCUT2D eigenvalue weighted by Gasteiger charge is 2.41. The number of benzene rings is 1. The maximum atomic E-state index is 12.7. The van der Waals surface area contributed by atoms with Crippen LogP contribution in [0.15, 0.2) is 22.7 Å². The number of rotatable bonds is 4. The molecule has 5 heteroatoms. The van der Waals surface area contributed by atoms with Gasteiger partial charge in [-0.2, -0.15) is 4.98 Å². The van der Waals surface area contributed by atoms with Crippen molar-refractivity contribution in [2.24, 2.45) is 0 Å². The number of hydrogen-bond donors (Lipinski definition) is 1. The summed E-state index contributed by atoms with van der Waals surface area (Å²) in [6, 6.07) is 6.52. The highest BCUT2D eigenvalue weighted by Crippen LogP contribution is 2.37. The predicted octanol–water partition coefficient (Wildman–Crippen LogP) is 3.39. The summed E-state index contributed by atoms with van der Waals surface area (Å²) in [5.74, 6) is 1.21. The molecule has 2 aromatic rings. The Morgan fingerprint density at radius 3 is 2.64 bits per heavy atom. The third-order valence-electron chi connectivity index (χ3n) is 5.57. The van der Waals surface area contributed by atoms with Crippen LogP contribution >= 0.6 is 0 Å².